The van der Waals surface area contributed by atoms with Gasteiger partial charge in [-0.15, -0.1) is 0 Å². The van der Waals surface area contributed by atoms with E-state index in [2.05, 4.69) is 0 Å². The van der Waals surface area contributed by atoms with Crippen molar-refractivity contribution in [3.63, 3.8) is 0 Å². The Bertz CT molecular complexity index is 408. The van der Waals surface area contributed by atoms with E-state index in [9.17, 15) is 13.0 Å². The molecule has 0 aliphatic heterocycles. The van der Waals surface area contributed by atoms with Gasteiger partial charge in [0.05, 0.1) is 12.0 Å². The smallest absolute Gasteiger partial charge is 0.136 e. The van der Waals surface area contributed by atoms with E-state index in [1.165, 1.54) is 19.2 Å². The predicted octanol–water partition coefficient (Wildman–Crippen LogP) is 0.908. The van der Waals surface area contributed by atoms with Crippen LogP contribution in [0.1, 0.15) is 5.56 Å². The summed E-state index contributed by atoms with van der Waals surface area (Å²) in [5.74, 6) is 0.0839. The Morgan fingerprint density at radius 1 is 1.38 bits per heavy atom. The molecule has 13 heavy (non-hydrogen) atoms. The third-order valence-corrected chi connectivity index (χ3v) is 2.45. The SMILES string of the molecule is COc1ccc(C)cc1S(=O)(=O)[O-]. The Morgan fingerprint density at radius 2 is 2.00 bits per heavy atom. The zero-order chi connectivity index (χ0) is 10.1. The highest BCUT2D eigenvalue weighted by molar-refractivity contribution is 7.85. The predicted molar refractivity (Wildman–Crippen MR) is 45.7 cm³/mol. The average molecular weight is 201 g/mol. The molecule has 0 aromatic heterocycles. The van der Waals surface area contributed by atoms with E-state index in [0.717, 1.165) is 0 Å². The molecule has 0 N–H and O–H groups in total. The van der Waals surface area contributed by atoms with Crippen molar-refractivity contribution in [3.8, 4) is 5.75 Å². The Hall–Kier alpha value is -1.07. The number of benzene rings is 1. The van der Waals surface area contributed by atoms with Crippen LogP contribution < -0.4 is 4.74 Å². The highest BCUT2D eigenvalue weighted by Gasteiger charge is 2.08. The maximum Gasteiger partial charge on any atom is 0.136 e. The molecule has 0 bridgehead atoms. The van der Waals surface area contributed by atoms with Gasteiger partial charge in [-0.2, -0.15) is 0 Å². The molecule has 0 fully saturated rings. The summed E-state index contributed by atoms with van der Waals surface area (Å²) in [4.78, 5) is -0.310. The zero-order valence-electron chi connectivity index (χ0n) is 7.27. The lowest BCUT2D eigenvalue weighted by Gasteiger charge is -2.12. The van der Waals surface area contributed by atoms with Gasteiger partial charge in [0.1, 0.15) is 15.9 Å². The van der Waals surface area contributed by atoms with Gasteiger partial charge in [0.2, 0.25) is 0 Å². The summed E-state index contributed by atoms with van der Waals surface area (Å²) in [6.45, 7) is 1.70. The maximum absolute atomic E-state index is 10.7. The van der Waals surface area contributed by atoms with Crippen LogP contribution in [0.3, 0.4) is 0 Å². The molecule has 0 aliphatic rings. The van der Waals surface area contributed by atoms with Gasteiger partial charge in [0.15, 0.2) is 0 Å². The van der Waals surface area contributed by atoms with Crippen LogP contribution in [0.25, 0.3) is 0 Å². The molecule has 72 valence electrons. The number of rotatable bonds is 2. The average Bonchev–Trinajstić information content (AvgIpc) is 2.03. The summed E-state index contributed by atoms with van der Waals surface area (Å²) in [5.41, 5.74) is 0.704. The minimum absolute atomic E-state index is 0.0839. The molecule has 0 amide bonds. The largest absolute Gasteiger partial charge is 0.744 e. The molecule has 1 aromatic carbocycles. The van der Waals surface area contributed by atoms with Gasteiger partial charge in [-0.25, -0.2) is 8.42 Å². The summed E-state index contributed by atoms with van der Waals surface area (Å²) in [7, 11) is -3.12. The Morgan fingerprint density at radius 3 is 2.46 bits per heavy atom. The number of ether oxygens (including phenoxy) is 1. The van der Waals surface area contributed by atoms with Gasteiger partial charge in [-0.3, -0.25) is 0 Å². The highest BCUT2D eigenvalue weighted by atomic mass is 32.2. The van der Waals surface area contributed by atoms with Crippen molar-refractivity contribution in [2.24, 2.45) is 0 Å². The fourth-order valence-electron chi connectivity index (χ4n) is 0.979. The first-order valence-corrected chi connectivity index (χ1v) is 4.96. The fourth-order valence-corrected chi connectivity index (χ4v) is 1.71. The molecule has 0 aliphatic carbocycles. The second kappa shape index (κ2) is 3.35. The summed E-state index contributed by atoms with van der Waals surface area (Å²) < 4.78 is 36.9. The standard InChI is InChI=1S/C8H10O4S/c1-6-3-4-7(12-2)8(5-6)13(9,10)11/h3-5H,1-2H3,(H,9,10,11)/p-1. The van der Waals surface area contributed by atoms with Crippen molar-refractivity contribution in [2.45, 2.75) is 11.8 Å². The van der Waals surface area contributed by atoms with E-state index in [4.69, 9.17) is 4.74 Å². The van der Waals surface area contributed by atoms with Gasteiger partial charge in [-0.05, 0) is 24.6 Å². The highest BCUT2D eigenvalue weighted by Crippen LogP contribution is 2.23. The van der Waals surface area contributed by atoms with Crippen LogP contribution in [0.15, 0.2) is 23.1 Å². The molecule has 1 rings (SSSR count). The number of methoxy groups -OCH3 is 1. The van der Waals surface area contributed by atoms with Crippen LogP contribution in [0, 0.1) is 6.92 Å². The minimum Gasteiger partial charge on any atom is -0.744 e. The molecule has 0 saturated carbocycles. The van der Waals surface area contributed by atoms with Crippen LogP contribution in [-0.2, 0) is 10.1 Å². The second-order valence-electron chi connectivity index (χ2n) is 2.61. The van der Waals surface area contributed by atoms with E-state index < -0.39 is 10.1 Å². The van der Waals surface area contributed by atoms with Crippen LogP contribution in [0.5, 0.6) is 5.75 Å². The molecule has 1 aromatic rings. The van der Waals surface area contributed by atoms with Crippen molar-refractivity contribution >= 4 is 10.1 Å². The molecular weight excluding hydrogens is 192 g/mol. The summed E-state index contributed by atoms with van der Waals surface area (Å²) >= 11 is 0. The van der Waals surface area contributed by atoms with E-state index in [0.29, 0.717) is 5.56 Å². The van der Waals surface area contributed by atoms with E-state index >= 15 is 0 Å². The molecule has 0 heterocycles. The van der Waals surface area contributed by atoms with Crippen LogP contribution >= 0.6 is 0 Å². The summed E-state index contributed by atoms with van der Waals surface area (Å²) in [6, 6.07) is 4.43. The quantitative estimate of drug-likeness (QED) is 0.667. The minimum atomic E-state index is -4.44. The van der Waals surface area contributed by atoms with Gasteiger partial charge < -0.3 is 9.29 Å². The van der Waals surface area contributed by atoms with Crippen molar-refractivity contribution in [1.29, 1.82) is 0 Å². The van der Waals surface area contributed by atoms with E-state index in [1.807, 2.05) is 0 Å². The van der Waals surface area contributed by atoms with Gasteiger partial charge in [-0.1, -0.05) is 6.07 Å². The summed E-state index contributed by atoms with van der Waals surface area (Å²) in [6.07, 6.45) is 0. The van der Waals surface area contributed by atoms with Crippen LogP contribution in [0.2, 0.25) is 0 Å². The van der Waals surface area contributed by atoms with Crippen molar-refractivity contribution in [3.05, 3.63) is 23.8 Å². The van der Waals surface area contributed by atoms with Crippen LogP contribution in [0.4, 0.5) is 0 Å². The molecule has 0 atom stereocenters. The van der Waals surface area contributed by atoms with Crippen molar-refractivity contribution < 1.29 is 17.7 Å². The van der Waals surface area contributed by atoms with Crippen molar-refractivity contribution in [2.75, 3.05) is 7.11 Å². The van der Waals surface area contributed by atoms with Crippen molar-refractivity contribution in [1.82, 2.24) is 0 Å². The van der Waals surface area contributed by atoms with Gasteiger partial charge >= 0.3 is 0 Å². The molecular formula is C8H9O4S-. The topological polar surface area (TPSA) is 66.4 Å². The van der Waals surface area contributed by atoms with E-state index in [-0.39, 0.29) is 10.6 Å². The lowest BCUT2D eigenvalue weighted by Crippen LogP contribution is -2.02. The van der Waals surface area contributed by atoms with Gasteiger partial charge in [0.25, 0.3) is 0 Å². The first-order valence-electron chi connectivity index (χ1n) is 3.55. The zero-order valence-corrected chi connectivity index (χ0v) is 8.09. The van der Waals surface area contributed by atoms with E-state index in [1.54, 1.807) is 13.0 Å². The molecule has 0 saturated heterocycles. The van der Waals surface area contributed by atoms with Crippen LogP contribution in [-0.4, -0.2) is 20.1 Å². The monoisotopic (exact) mass is 201 g/mol. The third kappa shape index (κ3) is 2.19. The third-order valence-electron chi connectivity index (χ3n) is 1.59. The first kappa shape index (κ1) is 10.0. The second-order valence-corrected chi connectivity index (χ2v) is 3.96. The lowest BCUT2D eigenvalue weighted by molar-refractivity contribution is 0.395. The molecule has 0 unspecified atom stereocenters. The van der Waals surface area contributed by atoms with Gasteiger partial charge in [0, 0.05) is 0 Å². The number of hydrogen-bond donors (Lipinski definition) is 0. The number of aryl methyl sites for hydroxylation is 1. The molecule has 0 spiro atoms. The maximum atomic E-state index is 10.7. The Kier molecular flexibility index (Phi) is 2.58. The Labute approximate surface area is 76.9 Å². The lowest BCUT2D eigenvalue weighted by atomic mass is 10.2. The summed E-state index contributed by atoms with van der Waals surface area (Å²) in [5, 5.41) is 0. The number of hydrogen-bond acceptors (Lipinski definition) is 4. The molecule has 0 radical (unpaired) electrons. The fraction of sp³-hybridized carbons (Fsp3) is 0.250. The molecule has 5 heteroatoms. The Balaban J connectivity index is 3.41. The normalized spacial score (nSPS) is 11.3. The first-order chi connectivity index (χ1) is 5.95. The molecule has 4 nitrogen and oxygen atoms in total.